The van der Waals surface area contributed by atoms with E-state index in [1.807, 2.05) is 0 Å². The van der Waals surface area contributed by atoms with Crippen LogP contribution < -0.4 is 9.80 Å². The molecule has 0 bridgehead atoms. The second-order valence-corrected chi connectivity index (χ2v) is 20.8. The molecule has 6 heteroatoms. The van der Waals surface area contributed by atoms with Crippen LogP contribution in [-0.4, -0.2) is 9.13 Å². The smallest absolute Gasteiger partial charge is 0.147 e. The third-order valence-electron chi connectivity index (χ3n) is 16.4. The second-order valence-electron chi connectivity index (χ2n) is 20.8. The van der Waals surface area contributed by atoms with Crippen LogP contribution >= 0.6 is 0 Å². The fraction of sp³-hybridized carbons (Fsp3) is 0. The quantitative estimate of drug-likeness (QED) is 0.152. The maximum absolute atomic E-state index is 7.10. The van der Waals surface area contributed by atoms with Gasteiger partial charge in [0, 0.05) is 94.0 Å². The van der Waals surface area contributed by atoms with Crippen LogP contribution in [0.3, 0.4) is 0 Å². The lowest BCUT2D eigenvalue weighted by molar-refractivity contribution is 0.666. The Kier molecular flexibility index (Phi) is 9.61. The Morgan fingerprint density at radius 3 is 1.15 bits per heavy atom. The summed E-state index contributed by atoms with van der Waals surface area (Å²) in [5.74, 6) is 0. The standard InChI is InChI=1S/C74H46N4O2/c1-5-17-49(18-6-1)75(55-33-40-68-64(45-55)59-25-13-15-27-66(59)77(68)51-21-9-3-10-22-51)53-31-37-57-47(43-53)29-35-61-62-39-42-70-71(74(62)80-72(57)61)63-36-30-48-44-54(32-38-58(48)73(63)79-70)76(50-19-7-2-8-20-50)56-34-41-69-65(46-56)60-26-14-16-28-67(60)78(69)52-23-11-4-12-24-52/h1-46H. The molecule has 0 fully saturated rings. The van der Waals surface area contributed by atoms with E-state index in [0.717, 1.165) is 111 Å². The molecule has 0 saturated heterocycles. The topological polar surface area (TPSA) is 42.6 Å². The number of anilines is 6. The van der Waals surface area contributed by atoms with Gasteiger partial charge in [-0.1, -0.05) is 121 Å². The fourth-order valence-corrected chi connectivity index (χ4v) is 12.9. The van der Waals surface area contributed by atoms with Gasteiger partial charge in [-0.2, -0.15) is 0 Å². The molecule has 4 aromatic heterocycles. The molecule has 0 aliphatic carbocycles. The Balaban J connectivity index is 0.770. The monoisotopic (exact) mass is 1020 g/mol. The zero-order valence-corrected chi connectivity index (χ0v) is 43.2. The molecule has 0 aliphatic heterocycles. The van der Waals surface area contributed by atoms with Gasteiger partial charge in [-0.3, -0.25) is 0 Å². The number of furan rings is 2. The first-order valence-corrected chi connectivity index (χ1v) is 27.2. The van der Waals surface area contributed by atoms with Gasteiger partial charge in [0.15, 0.2) is 0 Å². The molecule has 17 aromatic rings. The van der Waals surface area contributed by atoms with Crippen LogP contribution in [0, 0.1) is 0 Å². The first-order chi connectivity index (χ1) is 39.7. The third kappa shape index (κ3) is 6.66. The molecule has 0 unspecified atom stereocenters. The van der Waals surface area contributed by atoms with E-state index in [1.165, 1.54) is 43.6 Å². The van der Waals surface area contributed by atoms with Crippen molar-refractivity contribution < 1.29 is 8.83 Å². The molecule has 4 heterocycles. The highest BCUT2D eigenvalue weighted by Gasteiger charge is 2.23. The lowest BCUT2D eigenvalue weighted by Crippen LogP contribution is -2.09. The van der Waals surface area contributed by atoms with Crippen LogP contribution in [0.4, 0.5) is 34.1 Å². The summed E-state index contributed by atoms with van der Waals surface area (Å²) in [4.78, 5) is 4.71. The van der Waals surface area contributed by atoms with Crippen LogP contribution in [0.15, 0.2) is 288 Å². The van der Waals surface area contributed by atoms with E-state index in [-0.39, 0.29) is 0 Å². The summed E-state index contributed by atoms with van der Waals surface area (Å²) in [5, 5.41) is 13.3. The molecule has 0 N–H and O–H groups in total. The number of hydrogen-bond donors (Lipinski definition) is 0. The van der Waals surface area contributed by atoms with Crippen LogP contribution in [0.25, 0.3) is 120 Å². The van der Waals surface area contributed by atoms with Gasteiger partial charge in [-0.15, -0.1) is 0 Å². The Morgan fingerprint density at radius 2 is 0.625 bits per heavy atom. The van der Waals surface area contributed by atoms with Crippen molar-refractivity contribution in [3.8, 4) is 11.4 Å². The van der Waals surface area contributed by atoms with Crippen molar-refractivity contribution in [2.75, 3.05) is 9.80 Å². The molecule has 6 nitrogen and oxygen atoms in total. The predicted molar refractivity (Wildman–Crippen MR) is 334 cm³/mol. The normalized spacial score (nSPS) is 12.0. The van der Waals surface area contributed by atoms with Crippen molar-refractivity contribution in [3.63, 3.8) is 0 Å². The molecule has 374 valence electrons. The summed E-state index contributed by atoms with van der Waals surface area (Å²) >= 11 is 0. The van der Waals surface area contributed by atoms with Gasteiger partial charge in [0.1, 0.15) is 22.3 Å². The van der Waals surface area contributed by atoms with Crippen molar-refractivity contribution in [3.05, 3.63) is 279 Å². The summed E-state index contributed by atoms with van der Waals surface area (Å²) in [6, 6.07) is 100. The minimum absolute atomic E-state index is 0.797. The van der Waals surface area contributed by atoms with E-state index in [2.05, 4.69) is 298 Å². The van der Waals surface area contributed by atoms with Gasteiger partial charge in [0.25, 0.3) is 0 Å². The van der Waals surface area contributed by atoms with Crippen molar-refractivity contribution in [1.82, 2.24) is 9.13 Å². The summed E-state index contributed by atoms with van der Waals surface area (Å²) < 4.78 is 18.7. The molecule has 0 amide bonds. The van der Waals surface area contributed by atoms with E-state index >= 15 is 0 Å². The molecule has 80 heavy (non-hydrogen) atoms. The summed E-state index contributed by atoms with van der Waals surface area (Å²) in [5.41, 5.74) is 16.7. The van der Waals surface area contributed by atoms with Crippen LogP contribution in [0.5, 0.6) is 0 Å². The summed E-state index contributed by atoms with van der Waals surface area (Å²) in [6.07, 6.45) is 0. The summed E-state index contributed by atoms with van der Waals surface area (Å²) in [6.45, 7) is 0. The van der Waals surface area contributed by atoms with Crippen molar-refractivity contribution >= 4 is 143 Å². The highest BCUT2D eigenvalue weighted by Crippen LogP contribution is 2.47. The SMILES string of the molecule is c1ccc(N(c2ccc3c(ccc4c5ccc6oc7c8ccc(N(c9ccccc9)c9ccc%10c(c9)c9ccccc9n%10-c9ccccc9)cc8ccc7c6c5oc34)c2)c2ccc3c(c2)c2ccccc2n3-c2ccccc2)cc1. The molecule has 13 aromatic carbocycles. The first kappa shape index (κ1) is 44.3. The maximum Gasteiger partial charge on any atom is 0.147 e. The van der Waals surface area contributed by atoms with E-state index in [1.54, 1.807) is 0 Å². The first-order valence-electron chi connectivity index (χ1n) is 27.2. The second kappa shape index (κ2) is 17.3. The molecular formula is C74H46N4O2. The third-order valence-corrected chi connectivity index (χ3v) is 16.4. The van der Waals surface area contributed by atoms with Gasteiger partial charge in [-0.05, 0) is 168 Å². The average molecular weight is 1020 g/mol. The van der Waals surface area contributed by atoms with Gasteiger partial charge in [0.2, 0.25) is 0 Å². The number of rotatable bonds is 8. The molecule has 17 rings (SSSR count). The number of para-hydroxylation sites is 6. The zero-order valence-electron chi connectivity index (χ0n) is 43.2. The highest BCUT2D eigenvalue weighted by atomic mass is 16.3. The van der Waals surface area contributed by atoms with Crippen LogP contribution in [0.1, 0.15) is 0 Å². The van der Waals surface area contributed by atoms with Gasteiger partial charge in [-0.25, -0.2) is 0 Å². The fourth-order valence-electron chi connectivity index (χ4n) is 12.9. The lowest BCUT2D eigenvalue weighted by Gasteiger charge is -2.26. The zero-order chi connectivity index (χ0) is 52.4. The Hall–Kier alpha value is -10.8. The van der Waals surface area contributed by atoms with Crippen molar-refractivity contribution in [2.24, 2.45) is 0 Å². The highest BCUT2D eigenvalue weighted by molar-refractivity contribution is 6.27. The Bertz CT molecular complexity index is 5310. The molecular weight excluding hydrogens is 977 g/mol. The average Bonchev–Trinajstić information content (AvgIpc) is 4.48. The summed E-state index contributed by atoms with van der Waals surface area (Å²) in [7, 11) is 0. The molecule has 0 atom stereocenters. The minimum Gasteiger partial charge on any atom is -0.455 e. The van der Waals surface area contributed by atoms with Crippen molar-refractivity contribution in [1.29, 1.82) is 0 Å². The molecule has 0 saturated carbocycles. The van der Waals surface area contributed by atoms with E-state index < -0.39 is 0 Å². The maximum atomic E-state index is 7.10. The Morgan fingerprint density at radius 1 is 0.237 bits per heavy atom. The van der Waals surface area contributed by atoms with E-state index in [4.69, 9.17) is 8.83 Å². The van der Waals surface area contributed by atoms with E-state index in [9.17, 15) is 0 Å². The molecule has 0 spiro atoms. The number of benzene rings is 13. The largest absolute Gasteiger partial charge is 0.455 e. The minimum atomic E-state index is 0.797. The number of nitrogens with zero attached hydrogens (tertiary/aromatic N) is 4. The number of hydrogen-bond acceptors (Lipinski definition) is 4. The lowest BCUT2D eigenvalue weighted by atomic mass is 10.0. The number of fused-ring (bicyclic) bond motifs is 17. The van der Waals surface area contributed by atoms with Gasteiger partial charge in [0.05, 0.1) is 27.5 Å². The van der Waals surface area contributed by atoms with Crippen LogP contribution in [0.2, 0.25) is 0 Å². The van der Waals surface area contributed by atoms with Crippen LogP contribution in [-0.2, 0) is 0 Å². The number of aromatic nitrogens is 2. The van der Waals surface area contributed by atoms with Gasteiger partial charge >= 0.3 is 0 Å². The predicted octanol–water partition coefficient (Wildman–Crippen LogP) is 20.9. The van der Waals surface area contributed by atoms with E-state index in [0.29, 0.717) is 0 Å². The Labute approximate surface area is 459 Å². The van der Waals surface area contributed by atoms with Crippen molar-refractivity contribution in [2.45, 2.75) is 0 Å². The molecule has 0 radical (unpaired) electrons. The van der Waals surface area contributed by atoms with Gasteiger partial charge < -0.3 is 27.8 Å². The molecule has 0 aliphatic rings.